The maximum Gasteiger partial charge on any atom is 0.149 e. The summed E-state index contributed by atoms with van der Waals surface area (Å²) in [4.78, 5) is 0. The van der Waals surface area contributed by atoms with Crippen LogP contribution in [0.2, 0.25) is 0 Å². The number of fused-ring (bicyclic) bond motifs is 1. The Morgan fingerprint density at radius 1 is 1.31 bits per heavy atom. The fourth-order valence-electron chi connectivity index (χ4n) is 2.27. The molecule has 2 atom stereocenters. The second-order valence-electron chi connectivity index (χ2n) is 4.78. The van der Waals surface area contributed by atoms with Gasteiger partial charge in [0.1, 0.15) is 11.6 Å². The molecular weight excluding hydrogens is 200 g/mol. The van der Waals surface area contributed by atoms with Crippen LogP contribution in [0.1, 0.15) is 57.7 Å². The van der Waals surface area contributed by atoms with E-state index in [1.165, 1.54) is 18.7 Å². The molecule has 4 nitrogen and oxygen atoms in total. The first-order chi connectivity index (χ1) is 7.72. The van der Waals surface area contributed by atoms with Gasteiger partial charge < -0.3 is 9.88 Å². The molecule has 0 spiro atoms. The van der Waals surface area contributed by atoms with Gasteiger partial charge in [-0.3, -0.25) is 0 Å². The lowest BCUT2D eigenvalue weighted by Gasteiger charge is -2.21. The van der Waals surface area contributed by atoms with Crippen molar-refractivity contribution < 1.29 is 0 Å². The molecule has 2 heterocycles. The van der Waals surface area contributed by atoms with Crippen molar-refractivity contribution in [2.45, 2.75) is 65.1 Å². The first kappa shape index (κ1) is 11.6. The van der Waals surface area contributed by atoms with E-state index < -0.39 is 0 Å². The van der Waals surface area contributed by atoms with Gasteiger partial charge in [-0.2, -0.15) is 0 Å². The summed E-state index contributed by atoms with van der Waals surface area (Å²) in [6, 6.07) is 0.834. The van der Waals surface area contributed by atoms with Crippen molar-refractivity contribution in [3.8, 4) is 0 Å². The van der Waals surface area contributed by atoms with Gasteiger partial charge in [-0.1, -0.05) is 6.92 Å². The van der Waals surface area contributed by atoms with Gasteiger partial charge in [0.15, 0.2) is 0 Å². The third kappa shape index (κ3) is 2.26. The van der Waals surface area contributed by atoms with E-state index in [9.17, 15) is 0 Å². The van der Waals surface area contributed by atoms with Gasteiger partial charge in [0.05, 0.1) is 6.04 Å². The average molecular weight is 222 g/mol. The molecule has 1 aromatic rings. The van der Waals surface area contributed by atoms with Crippen molar-refractivity contribution in [2.24, 2.45) is 0 Å². The minimum absolute atomic E-state index is 0.300. The normalized spacial score (nSPS) is 19.2. The summed E-state index contributed by atoms with van der Waals surface area (Å²) in [5.41, 5.74) is 0. The van der Waals surface area contributed by atoms with Crippen LogP contribution in [0.4, 0.5) is 0 Å². The van der Waals surface area contributed by atoms with Crippen LogP contribution in [0, 0.1) is 0 Å². The molecule has 0 amide bonds. The van der Waals surface area contributed by atoms with Crippen LogP contribution in [-0.4, -0.2) is 20.8 Å². The molecule has 1 aliphatic heterocycles. The van der Waals surface area contributed by atoms with Gasteiger partial charge >= 0.3 is 0 Å². The van der Waals surface area contributed by atoms with Crippen molar-refractivity contribution >= 4 is 0 Å². The fraction of sp³-hybridized carbons (Fsp3) is 0.833. The molecule has 90 valence electrons. The number of nitrogens with one attached hydrogen (secondary N) is 1. The summed E-state index contributed by atoms with van der Waals surface area (Å²) in [5, 5.41) is 12.2. The standard InChI is InChI=1S/C12H22N4/c1-4-9(2)13-10(3)12-15-14-11-7-5-6-8-16(11)12/h9-10,13H,4-8H2,1-3H3. The first-order valence-corrected chi connectivity index (χ1v) is 6.40. The molecule has 0 aromatic carbocycles. The van der Waals surface area contributed by atoms with Crippen LogP contribution in [0.3, 0.4) is 0 Å². The zero-order valence-electron chi connectivity index (χ0n) is 10.5. The highest BCUT2D eigenvalue weighted by molar-refractivity contribution is 5.02. The van der Waals surface area contributed by atoms with Crippen LogP contribution in [0.25, 0.3) is 0 Å². The van der Waals surface area contributed by atoms with E-state index in [1.54, 1.807) is 0 Å². The smallest absolute Gasteiger partial charge is 0.149 e. The van der Waals surface area contributed by atoms with E-state index in [-0.39, 0.29) is 0 Å². The second-order valence-corrected chi connectivity index (χ2v) is 4.78. The van der Waals surface area contributed by atoms with Crippen molar-refractivity contribution in [1.29, 1.82) is 0 Å². The molecule has 2 unspecified atom stereocenters. The quantitative estimate of drug-likeness (QED) is 0.848. The van der Waals surface area contributed by atoms with Crippen molar-refractivity contribution in [1.82, 2.24) is 20.1 Å². The monoisotopic (exact) mass is 222 g/mol. The zero-order valence-corrected chi connectivity index (χ0v) is 10.5. The lowest BCUT2D eigenvalue weighted by molar-refractivity contribution is 0.424. The third-order valence-corrected chi connectivity index (χ3v) is 3.42. The summed E-state index contributed by atoms with van der Waals surface area (Å²) in [6.45, 7) is 7.68. The predicted octanol–water partition coefficient (Wildman–Crippen LogP) is 2.06. The molecule has 0 radical (unpaired) electrons. The number of hydrogen-bond donors (Lipinski definition) is 1. The minimum atomic E-state index is 0.300. The molecule has 0 saturated carbocycles. The van der Waals surface area contributed by atoms with Crippen LogP contribution in [0.15, 0.2) is 0 Å². The Bertz CT molecular complexity index is 345. The molecule has 1 aromatic heterocycles. The maximum absolute atomic E-state index is 4.34. The predicted molar refractivity (Wildman–Crippen MR) is 64.3 cm³/mol. The number of aryl methyl sites for hydroxylation is 1. The molecule has 1 aliphatic rings. The van der Waals surface area contributed by atoms with E-state index in [1.807, 2.05) is 0 Å². The molecule has 0 bridgehead atoms. The van der Waals surface area contributed by atoms with E-state index in [0.29, 0.717) is 12.1 Å². The summed E-state index contributed by atoms with van der Waals surface area (Å²) < 4.78 is 2.30. The van der Waals surface area contributed by atoms with Crippen LogP contribution >= 0.6 is 0 Å². The van der Waals surface area contributed by atoms with E-state index in [0.717, 1.165) is 25.2 Å². The topological polar surface area (TPSA) is 42.7 Å². The Balaban J connectivity index is 2.11. The Kier molecular flexibility index (Phi) is 3.59. The van der Waals surface area contributed by atoms with Gasteiger partial charge in [0, 0.05) is 19.0 Å². The number of rotatable bonds is 4. The SMILES string of the molecule is CCC(C)NC(C)c1nnc2n1CCCC2. The van der Waals surface area contributed by atoms with Gasteiger partial charge in [-0.05, 0) is 33.1 Å². The first-order valence-electron chi connectivity index (χ1n) is 6.40. The van der Waals surface area contributed by atoms with Gasteiger partial charge in [0.2, 0.25) is 0 Å². The Labute approximate surface area is 97.5 Å². The molecule has 0 aliphatic carbocycles. The van der Waals surface area contributed by atoms with Crippen LogP contribution in [0.5, 0.6) is 0 Å². The molecule has 0 fully saturated rings. The van der Waals surface area contributed by atoms with Gasteiger partial charge in [-0.25, -0.2) is 0 Å². The molecule has 16 heavy (non-hydrogen) atoms. The lowest BCUT2D eigenvalue weighted by Crippen LogP contribution is -2.30. The number of nitrogens with zero attached hydrogens (tertiary/aromatic N) is 3. The lowest BCUT2D eigenvalue weighted by atomic mass is 10.1. The summed E-state index contributed by atoms with van der Waals surface area (Å²) in [7, 11) is 0. The van der Waals surface area contributed by atoms with E-state index >= 15 is 0 Å². The molecule has 0 saturated heterocycles. The third-order valence-electron chi connectivity index (χ3n) is 3.42. The zero-order chi connectivity index (χ0) is 11.5. The highest BCUT2D eigenvalue weighted by atomic mass is 15.3. The summed E-state index contributed by atoms with van der Waals surface area (Å²) >= 11 is 0. The van der Waals surface area contributed by atoms with Crippen LogP contribution < -0.4 is 5.32 Å². The fourth-order valence-corrected chi connectivity index (χ4v) is 2.27. The highest BCUT2D eigenvalue weighted by Crippen LogP contribution is 2.19. The van der Waals surface area contributed by atoms with Crippen molar-refractivity contribution in [3.63, 3.8) is 0 Å². The average Bonchev–Trinajstić information content (AvgIpc) is 2.72. The summed E-state index contributed by atoms with van der Waals surface area (Å²) in [6.07, 6.45) is 4.74. The van der Waals surface area contributed by atoms with Gasteiger partial charge in [-0.15, -0.1) is 10.2 Å². The molecular formula is C12H22N4. The molecule has 4 heteroatoms. The van der Waals surface area contributed by atoms with E-state index in [2.05, 4.69) is 40.9 Å². The van der Waals surface area contributed by atoms with Gasteiger partial charge in [0.25, 0.3) is 0 Å². The Morgan fingerprint density at radius 2 is 2.12 bits per heavy atom. The van der Waals surface area contributed by atoms with Crippen molar-refractivity contribution in [2.75, 3.05) is 0 Å². The molecule has 1 N–H and O–H groups in total. The number of aromatic nitrogens is 3. The molecule has 2 rings (SSSR count). The second kappa shape index (κ2) is 4.95. The Hall–Kier alpha value is -0.900. The van der Waals surface area contributed by atoms with E-state index in [4.69, 9.17) is 0 Å². The summed E-state index contributed by atoms with van der Waals surface area (Å²) in [5.74, 6) is 2.27. The highest BCUT2D eigenvalue weighted by Gasteiger charge is 2.20. The van der Waals surface area contributed by atoms with Crippen LogP contribution in [-0.2, 0) is 13.0 Å². The minimum Gasteiger partial charge on any atom is -0.314 e. The maximum atomic E-state index is 4.34. The largest absolute Gasteiger partial charge is 0.314 e. The number of hydrogen-bond acceptors (Lipinski definition) is 3. The van der Waals surface area contributed by atoms with Crippen molar-refractivity contribution in [3.05, 3.63) is 11.6 Å². The Morgan fingerprint density at radius 3 is 2.88 bits per heavy atom.